The Morgan fingerprint density at radius 2 is 2.10 bits per heavy atom. The Hall–Kier alpha value is -1.51. The number of rotatable bonds is 4. The largest absolute Gasteiger partial charge is 0.368 e. The standard InChI is InChI=1S/C13H18FN3O3S/c14-10-4-3-6-12(9(10)8-15)21(19,20)17-7-2-1-5-11(17)13(16)18/h3-4,6,11H,1-2,5,7-8,15H2,(H2,16,18). The van der Waals surface area contributed by atoms with E-state index in [9.17, 15) is 17.6 Å². The zero-order valence-electron chi connectivity index (χ0n) is 11.5. The lowest BCUT2D eigenvalue weighted by molar-refractivity contribution is -0.122. The van der Waals surface area contributed by atoms with Crippen molar-refractivity contribution < 1.29 is 17.6 Å². The maximum absolute atomic E-state index is 13.7. The Balaban J connectivity index is 2.51. The zero-order chi connectivity index (χ0) is 15.6. The molecule has 1 atom stereocenters. The van der Waals surface area contributed by atoms with Crippen molar-refractivity contribution >= 4 is 15.9 Å². The second-order valence-electron chi connectivity index (χ2n) is 4.95. The molecule has 1 aliphatic rings. The number of halogens is 1. The van der Waals surface area contributed by atoms with Crippen molar-refractivity contribution in [3.05, 3.63) is 29.6 Å². The lowest BCUT2D eigenvalue weighted by Crippen LogP contribution is -2.50. The number of carbonyl (C=O) groups is 1. The van der Waals surface area contributed by atoms with Crippen molar-refractivity contribution in [3.8, 4) is 0 Å². The fourth-order valence-corrected chi connectivity index (χ4v) is 4.49. The fraction of sp³-hybridized carbons (Fsp3) is 0.462. The summed E-state index contributed by atoms with van der Waals surface area (Å²) in [4.78, 5) is 11.3. The number of nitrogens with zero attached hydrogens (tertiary/aromatic N) is 1. The first kappa shape index (κ1) is 15.9. The molecular formula is C13H18FN3O3S. The van der Waals surface area contributed by atoms with Crippen molar-refractivity contribution in [1.82, 2.24) is 4.31 Å². The number of piperidine rings is 1. The van der Waals surface area contributed by atoms with Gasteiger partial charge in [-0.05, 0) is 25.0 Å². The van der Waals surface area contributed by atoms with Gasteiger partial charge in [-0.2, -0.15) is 4.31 Å². The van der Waals surface area contributed by atoms with Gasteiger partial charge in [0.1, 0.15) is 11.9 Å². The highest BCUT2D eigenvalue weighted by Crippen LogP contribution is 2.28. The average Bonchev–Trinajstić information content (AvgIpc) is 2.46. The van der Waals surface area contributed by atoms with E-state index in [-0.39, 0.29) is 23.5 Å². The molecule has 8 heteroatoms. The Morgan fingerprint density at radius 1 is 1.38 bits per heavy atom. The van der Waals surface area contributed by atoms with Gasteiger partial charge in [0, 0.05) is 18.7 Å². The molecule has 0 aliphatic carbocycles. The fourth-order valence-electron chi connectivity index (χ4n) is 2.58. The van der Waals surface area contributed by atoms with Gasteiger partial charge in [-0.3, -0.25) is 4.79 Å². The third kappa shape index (κ3) is 2.92. The molecule has 21 heavy (non-hydrogen) atoms. The molecule has 1 fully saturated rings. The minimum absolute atomic E-state index is 0.0775. The summed E-state index contributed by atoms with van der Waals surface area (Å²) >= 11 is 0. The van der Waals surface area contributed by atoms with Gasteiger partial charge in [0.2, 0.25) is 15.9 Å². The van der Waals surface area contributed by atoms with Crippen LogP contribution in [0.3, 0.4) is 0 Å². The predicted octanol–water partition coefficient (Wildman–Crippen LogP) is 0.313. The van der Waals surface area contributed by atoms with E-state index >= 15 is 0 Å². The number of amides is 1. The summed E-state index contributed by atoms with van der Waals surface area (Å²) in [5.41, 5.74) is 10.7. The van der Waals surface area contributed by atoms with Gasteiger partial charge in [0.05, 0.1) is 4.90 Å². The molecular weight excluding hydrogens is 297 g/mol. The highest BCUT2D eigenvalue weighted by atomic mass is 32.2. The summed E-state index contributed by atoms with van der Waals surface area (Å²) in [6.07, 6.45) is 1.74. The van der Waals surface area contributed by atoms with Crippen molar-refractivity contribution in [2.75, 3.05) is 6.54 Å². The SMILES string of the molecule is NCc1c(F)cccc1S(=O)(=O)N1CCCCC1C(N)=O. The second kappa shape index (κ2) is 6.08. The first-order valence-electron chi connectivity index (χ1n) is 6.68. The lowest BCUT2D eigenvalue weighted by atomic mass is 10.0. The zero-order valence-corrected chi connectivity index (χ0v) is 12.3. The summed E-state index contributed by atoms with van der Waals surface area (Å²) in [5, 5.41) is 0. The number of nitrogens with two attached hydrogens (primary N) is 2. The van der Waals surface area contributed by atoms with E-state index < -0.39 is 27.8 Å². The highest BCUT2D eigenvalue weighted by molar-refractivity contribution is 7.89. The molecule has 1 amide bonds. The van der Waals surface area contributed by atoms with E-state index in [1.165, 1.54) is 12.1 Å². The van der Waals surface area contributed by atoms with E-state index in [0.29, 0.717) is 12.8 Å². The van der Waals surface area contributed by atoms with Gasteiger partial charge in [0.25, 0.3) is 0 Å². The number of hydrogen-bond donors (Lipinski definition) is 2. The van der Waals surface area contributed by atoms with Crippen LogP contribution in [0.4, 0.5) is 4.39 Å². The van der Waals surface area contributed by atoms with Gasteiger partial charge in [-0.25, -0.2) is 12.8 Å². The minimum Gasteiger partial charge on any atom is -0.368 e. The molecule has 0 radical (unpaired) electrons. The number of primary amides is 1. The van der Waals surface area contributed by atoms with Crippen LogP contribution in [0.5, 0.6) is 0 Å². The molecule has 0 saturated carbocycles. The topological polar surface area (TPSA) is 106 Å². The maximum Gasteiger partial charge on any atom is 0.244 e. The number of carbonyl (C=O) groups excluding carboxylic acids is 1. The van der Waals surface area contributed by atoms with Crippen LogP contribution in [-0.2, 0) is 21.4 Å². The molecule has 1 heterocycles. The molecule has 0 spiro atoms. The van der Waals surface area contributed by atoms with Gasteiger partial charge in [-0.15, -0.1) is 0 Å². The van der Waals surface area contributed by atoms with Crippen molar-refractivity contribution in [2.45, 2.75) is 36.7 Å². The molecule has 4 N–H and O–H groups in total. The van der Waals surface area contributed by atoms with Crippen LogP contribution in [-0.4, -0.2) is 31.2 Å². The molecule has 6 nitrogen and oxygen atoms in total. The van der Waals surface area contributed by atoms with E-state index in [1.54, 1.807) is 0 Å². The normalized spacial score (nSPS) is 20.4. The molecule has 0 bridgehead atoms. The molecule has 1 unspecified atom stereocenters. The van der Waals surface area contributed by atoms with Crippen LogP contribution < -0.4 is 11.5 Å². The molecule has 116 valence electrons. The van der Waals surface area contributed by atoms with Crippen LogP contribution in [0.15, 0.2) is 23.1 Å². The van der Waals surface area contributed by atoms with Crippen LogP contribution in [0.25, 0.3) is 0 Å². The van der Waals surface area contributed by atoms with Gasteiger partial charge >= 0.3 is 0 Å². The number of hydrogen-bond acceptors (Lipinski definition) is 4. The highest BCUT2D eigenvalue weighted by Gasteiger charge is 2.37. The van der Waals surface area contributed by atoms with E-state index in [4.69, 9.17) is 11.5 Å². The van der Waals surface area contributed by atoms with Crippen molar-refractivity contribution in [2.24, 2.45) is 11.5 Å². The molecule has 2 rings (SSSR count). The number of benzene rings is 1. The van der Waals surface area contributed by atoms with E-state index in [1.807, 2.05) is 0 Å². The summed E-state index contributed by atoms with van der Waals surface area (Å²) < 4.78 is 40.3. The van der Waals surface area contributed by atoms with Crippen LogP contribution >= 0.6 is 0 Å². The Kier molecular flexibility index (Phi) is 4.60. The van der Waals surface area contributed by atoms with Crippen LogP contribution in [0.2, 0.25) is 0 Å². The summed E-state index contributed by atoms with van der Waals surface area (Å²) in [5.74, 6) is -1.37. The molecule has 0 aromatic heterocycles. The van der Waals surface area contributed by atoms with Crippen LogP contribution in [0, 0.1) is 5.82 Å². The molecule has 1 saturated heterocycles. The second-order valence-corrected chi connectivity index (χ2v) is 6.81. The van der Waals surface area contributed by atoms with Gasteiger partial charge in [-0.1, -0.05) is 12.5 Å². The van der Waals surface area contributed by atoms with Gasteiger partial charge in [0.15, 0.2) is 0 Å². The Bertz CT molecular complexity index is 648. The summed E-state index contributed by atoms with van der Waals surface area (Å²) in [6.45, 7) is -0.0488. The first-order chi connectivity index (χ1) is 9.89. The van der Waals surface area contributed by atoms with E-state index in [0.717, 1.165) is 16.8 Å². The minimum atomic E-state index is -4.01. The average molecular weight is 315 g/mol. The van der Waals surface area contributed by atoms with E-state index in [2.05, 4.69) is 0 Å². The Labute approximate surface area is 123 Å². The predicted molar refractivity (Wildman–Crippen MR) is 75.0 cm³/mol. The smallest absolute Gasteiger partial charge is 0.244 e. The molecule has 1 aromatic rings. The monoisotopic (exact) mass is 315 g/mol. The van der Waals surface area contributed by atoms with Crippen molar-refractivity contribution in [1.29, 1.82) is 0 Å². The lowest BCUT2D eigenvalue weighted by Gasteiger charge is -2.33. The first-order valence-corrected chi connectivity index (χ1v) is 8.12. The van der Waals surface area contributed by atoms with Gasteiger partial charge < -0.3 is 11.5 Å². The summed E-state index contributed by atoms with van der Waals surface area (Å²) in [6, 6.07) is 2.87. The van der Waals surface area contributed by atoms with Crippen LogP contribution in [0.1, 0.15) is 24.8 Å². The third-order valence-corrected chi connectivity index (χ3v) is 5.64. The number of sulfonamides is 1. The summed E-state index contributed by atoms with van der Waals surface area (Å²) in [7, 11) is -4.01. The molecule has 1 aromatic carbocycles. The third-order valence-electron chi connectivity index (χ3n) is 3.65. The van der Waals surface area contributed by atoms with Crippen molar-refractivity contribution in [3.63, 3.8) is 0 Å². The Morgan fingerprint density at radius 3 is 2.71 bits per heavy atom. The molecule has 1 aliphatic heterocycles. The quantitative estimate of drug-likeness (QED) is 0.834. The maximum atomic E-state index is 13.7.